The Hall–Kier alpha value is -2.04. The highest BCUT2D eigenvalue weighted by Crippen LogP contribution is 2.32. The molecule has 3 rings (SSSR count). The first kappa shape index (κ1) is 18.7. The molecule has 1 N–H and O–H groups in total. The fourth-order valence-corrected chi connectivity index (χ4v) is 3.88. The Morgan fingerprint density at radius 1 is 1.08 bits per heavy atom. The van der Waals surface area contributed by atoms with Crippen LogP contribution in [0, 0.1) is 0 Å². The summed E-state index contributed by atoms with van der Waals surface area (Å²) in [5.74, 6) is 1.28. The number of carbonyl (C=O) groups is 1. The molecular weight excluding hydrogens is 360 g/mol. The van der Waals surface area contributed by atoms with Crippen LogP contribution >= 0.6 is 0 Å². The van der Waals surface area contributed by atoms with E-state index in [0.29, 0.717) is 43.5 Å². The zero-order chi connectivity index (χ0) is 18.7. The van der Waals surface area contributed by atoms with Gasteiger partial charge in [0.2, 0.25) is 0 Å². The maximum atomic E-state index is 12.5. The second-order valence-electron chi connectivity index (χ2n) is 6.32. The lowest BCUT2D eigenvalue weighted by Gasteiger charge is -2.35. The van der Waals surface area contributed by atoms with Crippen LogP contribution in [-0.4, -0.2) is 81.4 Å². The first-order valence-electron chi connectivity index (χ1n) is 8.51. The van der Waals surface area contributed by atoms with Crippen LogP contribution in [-0.2, 0) is 10.2 Å². The molecule has 1 aromatic carbocycles. The molecule has 0 bridgehead atoms. The lowest BCUT2D eigenvalue weighted by molar-refractivity contribution is 0.182. The standard InChI is InChI=1S/C16H24N4O5S/c1-18(2)26(22,23)20-8-6-19(7-9-20)16(21)17-13-4-5-14-15(12-13)25-11-3-10-24-14/h4-5,12H,3,6-11H2,1-2H3,(H,17,21). The number of fused-ring (bicyclic) bond motifs is 1. The van der Waals surface area contributed by atoms with Crippen LogP contribution in [0.3, 0.4) is 0 Å². The molecule has 0 aliphatic carbocycles. The Morgan fingerprint density at radius 3 is 2.38 bits per heavy atom. The van der Waals surface area contributed by atoms with E-state index in [4.69, 9.17) is 9.47 Å². The van der Waals surface area contributed by atoms with Crippen LogP contribution in [0.5, 0.6) is 11.5 Å². The second-order valence-corrected chi connectivity index (χ2v) is 8.46. The maximum absolute atomic E-state index is 12.5. The van der Waals surface area contributed by atoms with Gasteiger partial charge in [0.25, 0.3) is 10.2 Å². The number of amides is 2. The summed E-state index contributed by atoms with van der Waals surface area (Å²) in [6, 6.07) is 5.02. The van der Waals surface area contributed by atoms with Gasteiger partial charge >= 0.3 is 6.03 Å². The van der Waals surface area contributed by atoms with E-state index in [2.05, 4.69) is 5.32 Å². The van der Waals surface area contributed by atoms with Crippen molar-refractivity contribution in [3.63, 3.8) is 0 Å². The number of benzene rings is 1. The quantitative estimate of drug-likeness (QED) is 0.833. The molecular formula is C16H24N4O5S. The van der Waals surface area contributed by atoms with Gasteiger partial charge in [-0.25, -0.2) is 4.79 Å². The van der Waals surface area contributed by atoms with Crippen molar-refractivity contribution >= 4 is 21.9 Å². The third kappa shape index (κ3) is 4.02. The van der Waals surface area contributed by atoms with E-state index >= 15 is 0 Å². The van der Waals surface area contributed by atoms with Crippen molar-refractivity contribution in [1.29, 1.82) is 0 Å². The van der Waals surface area contributed by atoms with Crippen LogP contribution in [0.1, 0.15) is 6.42 Å². The van der Waals surface area contributed by atoms with E-state index in [-0.39, 0.29) is 19.1 Å². The minimum atomic E-state index is -3.44. The number of hydrogen-bond acceptors (Lipinski definition) is 5. The van der Waals surface area contributed by atoms with Crippen molar-refractivity contribution in [2.75, 3.05) is 58.8 Å². The zero-order valence-corrected chi connectivity index (χ0v) is 15.8. The molecule has 26 heavy (non-hydrogen) atoms. The zero-order valence-electron chi connectivity index (χ0n) is 15.0. The van der Waals surface area contributed by atoms with E-state index in [1.807, 2.05) is 0 Å². The summed E-state index contributed by atoms with van der Waals surface area (Å²) in [6.07, 6.45) is 0.816. The van der Waals surface area contributed by atoms with Crippen LogP contribution in [0.4, 0.5) is 10.5 Å². The average molecular weight is 384 g/mol. The van der Waals surface area contributed by atoms with Gasteiger partial charge in [0.05, 0.1) is 13.2 Å². The van der Waals surface area contributed by atoms with Crippen LogP contribution in [0.25, 0.3) is 0 Å². The summed E-state index contributed by atoms with van der Waals surface area (Å²) in [6.45, 7) is 2.41. The lowest BCUT2D eigenvalue weighted by atomic mass is 10.2. The first-order valence-corrected chi connectivity index (χ1v) is 9.91. The minimum Gasteiger partial charge on any atom is -0.490 e. The molecule has 1 fully saturated rings. The number of urea groups is 1. The highest BCUT2D eigenvalue weighted by Gasteiger charge is 2.30. The summed E-state index contributed by atoms with van der Waals surface area (Å²) < 4.78 is 38.0. The third-order valence-electron chi connectivity index (χ3n) is 4.31. The molecule has 0 radical (unpaired) electrons. The number of carbonyl (C=O) groups excluding carboxylic acids is 1. The van der Waals surface area contributed by atoms with E-state index in [9.17, 15) is 13.2 Å². The van der Waals surface area contributed by atoms with Crippen molar-refractivity contribution in [2.24, 2.45) is 0 Å². The molecule has 1 saturated heterocycles. The van der Waals surface area contributed by atoms with Crippen LogP contribution in [0.2, 0.25) is 0 Å². The van der Waals surface area contributed by atoms with Crippen molar-refractivity contribution in [3.05, 3.63) is 18.2 Å². The largest absolute Gasteiger partial charge is 0.490 e. The molecule has 144 valence electrons. The number of hydrogen-bond donors (Lipinski definition) is 1. The highest BCUT2D eigenvalue weighted by molar-refractivity contribution is 7.86. The molecule has 0 spiro atoms. The average Bonchev–Trinajstić information content (AvgIpc) is 2.86. The maximum Gasteiger partial charge on any atom is 0.321 e. The number of anilines is 1. The van der Waals surface area contributed by atoms with Crippen LogP contribution < -0.4 is 14.8 Å². The number of ether oxygens (including phenoxy) is 2. The van der Waals surface area contributed by atoms with Gasteiger partial charge in [-0.3, -0.25) is 0 Å². The topological polar surface area (TPSA) is 91.4 Å². The van der Waals surface area contributed by atoms with Gasteiger partial charge in [-0.2, -0.15) is 17.0 Å². The predicted octanol–water partition coefficient (Wildman–Crippen LogP) is 0.804. The molecule has 10 heteroatoms. The monoisotopic (exact) mass is 384 g/mol. The highest BCUT2D eigenvalue weighted by atomic mass is 32.2. The normalized spacial score (nSPS) is 18.5. The van der Waals surface area contributed by atoms with Gasteiger partial charge < -0.3 is 19.7 Å². The van der Waals surface area contributed by atoms with Crippen molar-refractivity contribution in [3.8, 4) is 11.5 Å². The molecule has 9 nitrogen and oxygen atoms in total. The molecule has 2 heterocycles. The first-order chi connectivity index (χ1) is 12.4. The molecule has 2 aliphatic rings. The van der Waals surface area contributed by atoms with Gasteiger partial charge in [0.1, 0.15) is 0 Å². The van der Waals surface area contributed by atoms with E-state index in [1.165, 1.54) is 22.7 Å². The van der Waals surface area contributed by atoms with Crippen LogP contribution in [0.15, 0.2) is 18.2 Å². The lowest BCUT2D eigenvalue weighted by Crippen LogP contribution is -2.53. The molecule has 0 unspecified atom stereocenters. The number of piperazine rings is 1. The SMILES string of the molecule is CN(C)S(=O)(=O)N1CCN(C(=O)Nc2ccc3c(c2)OCCCO3)CC1. The van der Waals surface area contributed by atoms with Gasteiger partial charge in [0, 0.05) is 58.4 Å². The summed E-state index contributed by atoms with van der Waals surface area (Å²) in [5, 5.41) is 2.83. The fourth-order valence-electron chi connectivity index (χ4n) is 2.80. The smallest absolute Gasteiger partial charge is 0.321 e. The second kappa shape index (κ2) is 7.68. The number of nitrogens with zero attached hydrogens (tertiary/aromatic N) is 3. The number of rotatable bonds is 3. The Bertz CT molecular complexity index is 760. The Labute approximate surface area is 153 Å². The fraction of sp³-hybridized carbons (Fsp3) is 0.562. The summed E-state index contributed by atoms with van der Waals surface area (Å²) in [4.78, 5) is 14.1. The molecule has 0 atom stereocenters. The molecule has 2 aliphatic heterocycles. The van der Waals surface area contributed by atoms with Gasteiger partial charge in [-0.1, -0.05) is 0 Å². The van der Waals surface area contributed by atoms with E-state index in [0.717, 1.165) is 6.42 Å². The van der Waals surface area contributed by atoms with E-state index in [1.54, 1.807) is 23.1 Å². The Kier molecular flexibility index (Phi) is 5.54. The molecule has 2 amide bonds. The van der Waals surface area contributed by atoms with E-state index < -0.39 is 10.2 Å². The summed E-state index contributed by atoms with van der Waals surface area (Å²) in [5.41, 5.74) is 0.614. The summed E-state index contributed by atoms with van der Waals surface area (Å²) >= 11 is 0. The van der Waals surface area contributed by atoms with Crippen molar-refractivity contribution < 1.29 is 22.7 Å². The molecule has 0 aromatic heterocycles. The number of nitrogens with one attached hydrogen (secondary N) is 1. The minimum absolute atomic E-state index is 0.263. The molecule has 1 aromatic rings. The summed E-state index contributed by atoms with van der Waals surface area (Å²) in [7, 11) is -0.447. The predicted molar refractivity (Wildman–Crippen MR) is 96.8 cm³/mol. The third-order valence-corrected chi connectivity index (χ3v) is 6.25. The van der Waals surface area contributed by atoms with Gasteiger partial charge in [0.15, 0.2) is 11.5 Å². The van der Waals surface area contributed by atoms with Gasteiger partial charge in [-0.05, 0) is 12.1 Å². The molecule has 0 saturated carbocycles. The van der Waals surface area contributed by atoms with Crippen molar-refractivity contribution in [1.82, 2.24) is 13.5 Å². The Morgan fingerprint density at radius 2 is 1.73 bits per heavy atom. The van der Waals surface area contributed by atoms with Crippen molar-refractivity contribution in [2.45, 2.75) is 6.42 Å². The Balaban J connectivity index is 1.59. The van der Waals surface area contributed by atoms with Gasteiger partial charge in [-0.15, -0.1) is 0 Å².